The number of rotatable bonds is 2. The monoisotopic (exact) mass is 250 g/mol. The topological polar surface area (TPSA) is 52.0 Å². The molecule has 0 aliphatic heterocycles. The van der Waals surface area contributed by atoms with Crippen molar-refractivity contribution in [3.8, 4) is 0 Å². The average Bonchev–Trinajstić information content (AvgIpc) is 2.55. The molecular weight excluding hydrogens is 236 g/mol. The molecule has 0 saturated carbocycles. The first-order chi connectivity index (χ1) is 7.93. The molecule has 0 saturated heterocycles. The van der Waals surface area contributed by atoms with Gasteiger partial charge < -0.3 is 0 Å². The van der Waals surface area contributed by atoms with Crippen LogP contribution in [0.1, 0.15) is 30.3 Å². The van der Waals surface area contributed by atoms with Crippen LogP contribution in [0, 0.1) is 13.8 Å². The van der Waals surface area contributed by atoms with Gasteiger partial charge in [0, 0.05) is 4.88 Å². The Morgan fingerprint density at radius 2 is 2.12 bits per heavy atom. The summed E-state index contributed by atoms with van der Waals surface area (Å²) in [5.74, 6) is -0.0437. The maximum atomic E-state index is 12.3. The Balaban J connectivity index is 2.78. The number of hydrogen-bond donors (Lipinski definition) is 0. The van der Waals surface area contributed by atoms with E-state index in [9.17, 15) is 9.59 Å². The summed E-state index contributed by atoms with van der Waals surface area (Å²) in [4.78, 5) is 29.7. The summed E-state index contributed by atoms with van der Waals surface area (Å²) in [5, 5.41) is 0.642. The van der Waals surface area contributed by atoms with Crippen molar-refractivity contribution < 1.29 is 4.79 Å². The van der Waals surface area contributed by atoms with Gasteiger partial charge in [-0.3, -0.25) is 14.2 Å². The van der Waals surface area contributed by atoms with Crippen molar-refractivity contribution in [2.45, 2.75) is 33.7 Å². The number of nitrogens with zero attached hydrogens (tertiary/aromatic N) is 2. The molecule has 0 bridgehead atoms. The summed E-state index contributed by atoms with van der Waals surface area (Å²) in [5.41, 5.74) is 0.840. The highest BCUT2D eigenvalue weighted by atomic mass is 32.1. The predicted octanol–water partition coefficient (Wildman–Crippen LogP) is 2.22. The molecule has 2 aromatic heterocycles. The Morgan fingerprint density at radius 1 is 1.47 bits per heavy atom. The van der Waals surface area contributed by atoms with E-state index in [1.165, 1.54) is 29.2 Å². The van der Waals surface area contributed by atoms with Crippen LogP contribution >= 0.6 is 11.3 Å². The minimum atomic E-state index is -0.459. The zero-order valence-corrected chi connectivity index (χ0v) is 11.1. The van der Waals surface area contributed by atoms with Gasteiger partial charge in [0.15, 0.2) is 5.78 Å². The lowest BCUT2D eigenvalue weighted by atomic mass is 10.2. The molecule has 2 rings (SSSR count). The molecule has 0 radical (unpaired) electrons. The average molecular weight is 250 g/mol. The molecular formula is C12H14N2O2S. The second kappa shape index (κ2) is 4.07. The van der Waals surface area contributed by atoms with Crippen molar-refractivity contribution in [3.05, 3.63) is 27.1 Å². The van der Waals surface area contributed by atoms with Crippen molar-refractivity contribution in [2.24, 2.45) is 0 Å². The molecule has 0 aliphatic rings. The fourth-order valence-corrected chi connectivity index (χ4v) is 2.71. The Kier molecular flexibility index (Phi) is 2.87. The van der Waals surface area contributed by atoms with E-state index >= 15 is 0 Å². The minimum Gasteiger partial charge on any atom is -0.298 e. The first kappa shape index (κ1) is 12.0. The number of Topliss-reactive ketones (excluding diaryl/α,β-unsaturated/α-hetero) is 1. The molecule has 17 heavy (non-hydrogen) atoms. The molecule has 2 heterocycles. The molecule has 0 fully saturated rings. The quantitative estimate of drug-likeness (QED) is 0.821. The number of fused-ring (bicyclic) bond motifs is 1. The molecule has 1 atom stereocenters. The van der Waals surface area contributed by atoms with Crippen LogP contribution in [0.2, 0.25) is 0 Å². The highest BCUT2D eigenvalue weighted by molar-refractivity contribution is 7.18. The van der Waals surface area contributed by atoms with Gasteiger partial charge in [-0.25, -0.2) is 4.98 Å². The molecule has 0 amide bonds. The van der Waals surface area contributed by atoms with Gasteiger partial charge in [0.2, 0.25) is 0 Å². The van der Waals surface area contributed by atoms with Crippen LogP contribution < -0.4 is 5.56 Å². The molecule has 0 N–H and O–H groups in total. The summed E-state index contributed by atoms with van der Waals surface area (Å²) in [6, 6.07) is -0.459. The van der Waals surface area contributed by atoms with Crippen molar-refractivity contribution in [1.29, 1.82) is 0 Å². The lowest BCUT2D eigenvalue weighted by molar-refractivity contribution is -0.119. The minimum absolute atomic E-state index is 0.0437. The zero-order valence-electron chi connectivity index (χ0n) is 10.3. The lowest BCUT2D eigenvalue weighted by Crippen LogP contribution is -2.27. The number of aryl methyl sites for hydroxylation is 2. The Bertz CT molecular complexity index is 654. The van der Waals surface area contributed by atoms with E-state index in [4.69, 9.17) is 0 Å². The van der Waals surface area contributed by atoms with Crippen LogP contribution in [0.5, 0.6) is 0 Å². The summed E-state index contributed by atoms with van der Waals surface area (Å²) < 4.78 is 1.41. The second-order valence-electron chi connectivity index (χ2n) is 4.21. The van der Waals surface area contributed by atoms with Gasteiger partial charge >= 0.3 is 0 Å². The zero-order chi connectivity index (χ0) is 12.7. The molecule has 0 unspecified atom stereocenters. The van der Waals surface area contributed by atoms with Crippen molar-refractivity contribution in [1.82, 2.24) is 9.55 Å². The van der Waals surface area contributed by atoms with E-state index in [1.807, 2.05) is 13.8 Å². The molecule has 0 aromatic carbocycles. The Hall–Kier alpha value is -1.49. The number of hydrogen-bond acceptors (Lipinski definition) is 4. The predicted molar refractivity (Wildman–Crippen MR) is 68.7 cm³/mol. The maximum absolute atomic E-state index is 12.3. The van der Waals surface area contributed by atoms with E-state index in [0.29, 0.717) is 5.39 Å². The second-order valence-corrected chi connectivity index (χ2v) is 5.41. The van der Waals surface area contributed by atoms with E-state index in [0.717, 1.165) is 15.3 Å². The van der Waals surface area contributed by atoms with Crippen molar-refractivity contribution >= 4 is 27.3 Å². The van der Waals surface area contributed by atoms with Crippen LogP contribution in [-0.4, -0.2) is 15.3 Å². The highest BCUT2D eigenvalue weighted by Gasteiger charge is 2.16. The number of aromatic nitrogens is 2. The molecule has 90 valence electrons. The Labute approximate surface area is 103 Å². The summed E-state index contributed by atoms with van der Waals surface area (Å²) in [6.07, 6.45) is 1.46. The first-order valence-corrected chi connectivity index (χ1v) is 6.22. The Morgan fingerprint density at radius 3 is 2.71 bits per heavy atom. The summed E-state index contributed by atoms with van der Waals surface area (Å²) in [6.45, 7) is 7.08. The maximum Gasteiger partial charge on any atom is 0.263 e. The third kappa shape index (κ3) is 1.80. The van der Waals surface area contributed by atoms with E-state index in [2.05, 4.69) is 4.98 Å². The van der Waals surface area contributed by atoms with Crippen LogP contribution in [0.4, 0.5) is 0 Å². The number of carbonyl (C=O) groups excluding carboxylic acids is 1. The molecule has 5 heteroatoms. The summed E-state index contributed by atoms with van der Waals surface area (Å²) in [7, 11) is 0. The molecule has 4 nitrogen and oxygen atoms in total. The van der Waals surface area contributed by atoms with Crippen LogP contribution in [0.3, 0.4) is 0 Å². The number of carbonyl (C=O) groups is 1. The van der Waals surface area contributed by atoms with Gasteiger partial charge in [-0.2, -0.15) is 0 Å². The normalized spacial score (nSPS) is 12.9. The van der Waals surface area contributed by atoms with Crippen molar-refractivity contribution in [2.75, 3.05) is 0 Å². The van der Waals surface area contributed by atoms with Gasteiger partial charge in [-0.05, 0) is 33.3 Å². The van der Waals surface area contributed by atoms with E-state index in [1.54, 1.807) is 6.92 Å². The lowest BCUT2D eigenvalue weighted by Gasteiger charge is -2.10. The van der Waals surface area contributed by atoms with Crippen LogP contribution in [-0.2, 0) is 4.79 Å². The van der Waals surface area contributed by atoms with Crippen LogP contribution in [0.15, 0.2) is 11.1 Å². The van der Waals surface area contributed by atoms with Gasteiger partial charge in [0.1, 0.15) is 4.83 Å². The van der Waals surface area contributed by atoms with Gasteiger partial charge in [0.05, 0.1) is 17.8 Å². The van der Waals surface area contributed by atoms with Gasteiger partial charge in [-0.15, -0.1) is 11.3 Å². The van der Waals surface area contributed by atoms with Crippen LogP contribution in [0.25, 0.3) is 10.2 Å². The summed E-state index contributed by atoms with van der Waals surface area (Å²) >= 11 is 1.51. The number of ketones is 1. The molecule has 0 spiro atoms. The van der Waals surface area contributed by atoms with Crippen molar-refractivity contribution in [3.63, 3.8) is 0 Å². The molecule has 2 aromatic rings. The highest BCUT2D eigenvalue weighted by Crippen LogP contribution is 2.25. The third-order valence-electron chi connectivity index (χ3n) is 3.12. The SMILES string of the molecule is CC(=O)[C@@H](C)n1cnc2sc(C)c(C)c2c1=O. The smallest absolute Gasteiger partial charge is 0.263 e. The largest absolute Gasteiger partial charge is 0.298 e. The van der Waals surface area contributed by atoms with E-state index < -0.39 is 6.04 Å². The third-order valence-corrected chi connectivity index (χ3v) is 4.24. The molecule has 0 aliphatic carbocycles. The first-order valence-electron chi connectivity index (χ1n) is 5.40. The fraction of sp³-hybridized carbons (Fsp3) is 0.417. The van der Waals surface area contributed by atoms with Gasteiger partial charge in [0.25, 0.3) is 5.56 Å². The van der Waals surface area contributed by atoms with Gasteiger partial charge in [-0.1, -0.05) is 0 Å². The van der Waals surface area contributed by atoms with E-state index in [-0.39, 0.29) is 11.3 Å². The standard InChI is InChI=1S/C12H14N2O2S/c1-6-9(4)17-11-10(6)12(16)14(5-13-11)7(2)8(3)15/h5,7H,1-4H3/t7-/m1/s1. The number of thiophene rings is 1. The fourth-order valence-electron chi connectivity index (χ4n) is 1.72.